The molecular formula is C17H22N4O3. The first-order valence-electron chi connectivity index (χ1n) is 7.99. The third-order valence-electron chi connectivity index (χ3n) is 3.89. The summed E-state index contributed by atoms with van der Waals surface area (Å²) in [5.74, 6) is 2.36. The Balaban J connectivity index is 1.69. The molecule has 0 saturated heterocycles. The molecule has 2 N–H and O–H groups in total. The topological polar surface area (TPSA) is 77.4 Å². The van der Waals surface area contributed by atoms with Gasteiger partial charge < -0.3 is 24.7 Å². The van der Waals surface area contributed by atoms with Crippen LogP contribution in [0.1, 0.15) is 25.7 Å². The van der Waals surface area contributed by atoms with Gasteiger partial charge in [-0.1, -0.05) is 13.8 Å². The number of amides is 2. The van der Waals surface area contributed by atoms with E-state index in [4.69, 9.17) is 9.47 Å². The lowest BCUT2D eigenvalue weighted by atomic mass is 10.0. The monoisotopic (exact) mass is 330 g/mol. The van der Waals surface area contributed by atoms with Gasteiger partial charge in [0.05, 0.1) is 6.04 Å². The minimum atomic E-state index is -0.284. The van der Waals surface area contributed by atoms with Gasteiger partial charge >= 0.3 is 6.03 Å². The first kappa shape index (κ1) is 16.2. The van der Waals surface area contributed by atoms with Crippen LogP contribution >= 0.6 is 0 Å². The molecular weight excluding hydrogens is 308 g/mol. The number of carbonyl (C=O) groups excluding carboxylic acids is 1. The Bertz CT molecular complexity index is 726. The van der Waals surface area contributed by atoms with E-state index in [2.05, 4.69) is 15.6 Å². The normalized spacial score (nSPS) is 14.3. The van der Waals surface area contributed by atoms with Gasteiger partial charge in [-0.15, -0.1) is 0 Å². The Hall–Kier alpha value is -2.70. The fourth-order valence-corrected chi connectivity index (χ4v) is 2.64. The highest BCUT2D eigenvalue weighted by Gasteiger charge is 2.22. The van der Waals surface area contributed by atoms with Gasteiger partial charge in [0.25, 0.3) is 0 Å². The lowest BCUT2D eigenvalue weighted by Crippen LogP contribution is -2.36. The van der Waals surface area contributed by atoms with Crippen LogP contribution < -0.4 is 20.1 Å². The highest BCUT2D eigenvalue weighted by atomic mass is 16.6. The number of hydrogen-bond donors (Lipinski definition) is 2. The maximum Gasteiger partial charge on any atom is 0.319 e. The van der Waals surface area contributed by atoms with E-state index in [-0.39, 0.29) is 18.0 Å². The zero-order valence-electron chi connectivity index (χ0n) is 14.1. The Morgan fingerprint density at radius 1 is 1.25 bits per heavy atom. The molecule has 0 fully saturated rings. The number of aromatic nitrogens is 2. The van der Waals surface area contributed by atoms with Crippen molar-refractivity contribution in [2.24, 2.45) is 13.0 Å². The second kappa shape index (κ2) is 6.82. The lowest BCUT2D eigenvalue weighted by molar-refractivity contribution is 0.171. The summed E-state index contributed by atoms with van der Waals surface area (Å²) in [6.45, 7) is 5.14. The molecule has 7 nitrogen and oxygen atoms in total. The summed E-state index contributed by atoms with van der Waals surface area (Å²) < 4.78 is 12.9. The van der Waals surface area contributed by atoms with E-state index < -0.39 is 0 Å². The maximum absolute atomic E-state index is 12.4. The molecule has 128 valence electrons. The summed E-state index contributed by atoms with van der Waals surface area (Å²) in [7, 11) is 1.91. The number of benzene rings is 1. The maximum atomic E-state index is 12.4. The summed E-state index contributed by atoms with van der Waals surface area (Å²) in [5.41, 5.74) is 0.652. The van der Waals surface area contributed by atoms with Crippen molar-refractivity contribution in [2.45, 2.75) is 19.9 Å². The van der Waals surface area contributed by atoms with E-state index >= 15 is 0 Å². The summed E-state index contributed by atoms with van der Waals surface area (Å²) >= 11 is 0. The third kappa shape index (κ3) is 3.45. The summed E-state index contributed by atoms with van der Waals surface area (Å²) in [6, 6.07) is 4.89. The van der Waals surface area contributed by atoms with Crippen LogP contribution in [-0.4, -0.2) is 28.8 Å². The Morgan fingerprint density at radius 3 is 2.67 bits per heavy atom. The molecule has 7 heteroatoms. The number of nitrogens with zero attached hydrogens (tertiary/aromatic N) is 2. The standard InChI is InChI=1S/C17H22N4O3/c1-11(2)15(16-18-6-7-21(16)3)20-17(22)19-12-4-5-13-14(10-12)24-9-8-23-13/h4-7,10-11,15H,8-9H2,1-3H3,(H2,19,20,22)/t15-/m0/s1. The van der Waals surface area contributed by atoms with Gasteiger partial charge in [0, 0.05) is 31.2 Å². The zero-order valence-corrected chi connectivity index (χ0v) is 14.1. The van der Waals surface area contributed by atoms with Crippen LogP contribution in [0.3, 0.4) is 0 Å². The smallest absolute Gasteiger partial charge is 0.319 e. The molecule has 1 aromatic carbocycles. The first-order chi connectivity index (χ1) is 11.5. The van der Waals surface area contributed by atoms with Crippen molar-refractivity contribution in [2.75, 3.05) is 18.5 Å². The van der Waals surface area contributed by atoms with Crippen molar-refractivity contribution in [3.05, 3.63) is 36.4 Å². The fraction of sp³-hybridized carbons (Fsp3) is 0.412. The Morgan fingerprint density at radius 2 is 2.00 bits per heavy atom. The number of hydrogen-bond acceptors (Lipinski definition) is 4. The zero-order chi connectivity index (χ0) is 17.1. The molecule has 0 spiro atoms. The van der Waals surface area contributed by atoms with Gasteiger partial charge in [-0.2, -0.15) is 0 Å². The number of carbonyl (C=O) groups is 1. The van der Waals surface area contributed by atoms with E-state index in [1.165, 1.54) is 0 Å². The van der Waals surface area contributed by atoms with Crippen molar-refractivity contribution in [1.82, 2.24) is 14.9 Å². The van der Waals surface area contributed by atoms with Crippen molar-refractivity contribution < 1.29 is 14.3 Å². The van der Waals surface area contributed by atoms with Crippen LogP contribution in [0.4, 0.5) is 10.5 Å². The molecule has 1 atom stereocenters. The van der Waals surface area contributed by atoms with Crippen molar-refractivity contribution in [1.29, 1.82) is 0 Å². The molecule has 2 heterocycles. The second-order valence-electron chi connectivity index (χ2n) is 6.07. The highest BCUT2D eigenvalue weighted by molar-refractivity contribution is 5.89. The fourth-order valence-electron chi connectivity index (χ4n) is 2.64. The number of nitrogens with one attached hydrogen (secondary N) is 2. The van der Waals surface area contributed by atoms with Crippen LogP contribution in [0.5, 0.6) is 11.5 Å². The molecule has 2 amide bonds. The summed E-state index contributed by atoms with van der Waals surface area (Å²) in [6.07, 6.45) is 3.59. The lowest BCUT2D eigenvalue weighted by Gasteiger charge is -2.23. The van der Waals surface area contributed by atoms with Crippen molar-refractivity contribution >= 4 is 11.7 Å². The first-order valence-corrected chi connectivity index (χ1v) is 7.99. The molecule has 0 aliphatic carbocycles. The number of aryl methyl sites for hydroxylation is 1. The number of anilines is 1. The summed E-state index contributed by atoms with van der Waals surface area (Å²) in [5, 5.41) is 5.82. The van der Waals surface area contributed by atoms with E-state index in [1.54, 1.807) is 24.4 Å². The molecule has 24 heavy (non-hydrogen) atoms. The molecule has 1 aromatic heterocycles. The molecule has 3 rings (SSSR count). The number of fused-ring (bicyclic) bond motifs is 1. The highest BCUT2D eigenvalue weighted by Crippen LogP contribution is 2.32. The number of imidazole rings is 1. The Kier molecular flexibility index (Phi) is 4.59. The molecule has 1 aliphatic rings. The van der Waals surface area contributed by atoms with E-state index in [9.17, 15) is 4.79 Å². The van der Waals surface area contributed by atoms with Crippen molar-refractivity contribution in [3.8, 4) is 11.5 Å². The largest absolute Gasteiger partial charge is 0.486 e. The van der Waals surface area contributed by atoms with Crippen LogP contribution in [0, 0.1) is 5.92 Å². The summed E-state index contributed by atoms with van der Waals surface area (Å²) in [4.78, 5) is 16.7. The number of ether oxygens (including phenoxy) is 2. The predicted molar refractivity (Wildman–Crippen MR) is 90.4 cm³/mol. The minimum Gasteiger partial charge on any atom is -0.486 e. The van der Waals surface area contributed by atoms with Crippen LogP contribution in [-0.2, 0) is 7.05 Å². The third-order valence-corrected chi connectivity index (χ3v) is 3.89. The van der Waals surface area contributed by atoms with E-state index in [0.717, 1.165) is 5.82 Å². The SMILES string of the molecule is CC(C)[C@H](NC(=O)Nc1ccc2c(c1)OCCO2)c1nccn1C. The van der Waals surface area contributed by atoms with Crippen LogP contribution in [0.15, 0.2) is 30.6 Å². The molecule has 0 radical (unpaired) electrons. The minimum absolute atomic E-state index is 0.179. The number of rotatable bonds is 4. The van der Waals surface area contributed by atoms with E-state index in [0.29, 0.717) is 30.4 Å². The van der Waals surface area contributed by atoms with Gasteiger partial charge in [0.2, 0.25) is 0 Å². The average molecular weight is 330 g/mol. The second-order valence-corrected chi connectivity index (χ2v) is 6.07. The average Bonchev–Trinajstić information content (AvgIpc) is 2.98. The predicted octanol–water partition coefficient (Wildman–Crippen LogP) is 2.71. The Labute approximate surface area is 141 Å². The van der Waals surface area contributed by atoms with Crippen LogP contribution in [0.2, 0.25) is 0 Å². The van der Waals surface area contributed by atoms with Crippen molar-refractivity contribution in [3.63, 3.8) is 0 Å². The molecule has 0 unspecified atom stereocenters. The van der Waals surface area contributed by atoms with Gasteiger partial charge in [-0.05, 0) is 18.1 Å². The van der Waals surface area contributed by atoms with E-state index in [1.807, 2.05) is 31.7 Å². The van der Waals surface area contributed by atoms with Gasteiger partial charge in [-0.25, -0.2) is 9.78 Å². The van der Waals surface area contributed by atoms with Gasteiger partial charge in [0.15, 0.2) is 11.5 Å². The molecule has 0 saturated carbocycles. The number of urea groups is 1. The van der Waals surface area contributed by atoms with Gasteiger partial charge in [-0.3, -0.25) is 0 Å². The molecule has 2 aromatic rings. The quantitative estimate of drug-likeness (QED) is 0.903. The van der Waals surface area contributed by atoms with Crippen LogP contribution in [0.25, 0.3) is 0 Å². The molecule has 1 aliphatic heterocycles. The molecule has 0 bridgehead atoms. The van der Waals surface area contributed by atoms with Gasteiger partial charge in [0.1, 0.15) is 19.0 Å².